The van der Waals surface area contributed by atoms with Gasteiger partial charge in [-0.05, 0) is 43.1 Å². The molecule has 0 radical (unpaired) electrons. The van der Waals surface area contributed by atoms with Crippen molar-refractivity contribution in [3.8, 4) is 0 Å². The molecule has 4 heteroatoms. The van der Waals surface area contributed by atoms with Crippen molar-refractivity contribution in [2.24, 2.45) is 11.8 Å². The number of carboxylic acid groups (broad SMARTS) is 1. The van der Waals surface area contributed by atoms with Gasteiger partial charge in [0.1, 0.15) is 0 Å². The third kappa shape index (κ3) is 5.08. The van der Waals surface area contributed by atoms with Crippen molar-refractivity contribution in [3.63, 3.8) is 0 Å². The van der Waals surface area contributed by atoms with E-state index in [2.05, 4.69) is 31.3 Å². The first-order chi connectivity index (χ1) is 11.0. The van der Waals surface area contributed by atoms with E-state index >= 15 is 0 Å². The lowest BCUT2D eigenvalue weighted by Crippen LogP contribution is -2.39. The average Bonchev–Trinajstić information content (AvgIpc) is 2.53. The molecule has 1 aliphatic rings. The van der Waals surface area contributed by atoms with Gasteiger partial charge in [-0.1, -0.05) is 44.2 Å². The maximum atomic E-state index is 12.4. The Morgan fingerprint density at radius 3 is 2.26 bits per heavy atom. The highest BCUT2D eigenvalue weighted by atomic mass is 16.4. The topological polar surface area (TPSA) is 66.4 Å². The lowest BCUT2D eigenvalue weighted by atomic mass is 9.84. The van der Waals surface area contributed by atoms with E-state index in [4.69, 9.17) is 5.11 Å². The molecule has 1 atom stereocenters. The molecule has 2 rings (SSSR count). The summed E-state index contributed by atoms with van der Waals surface area (Å²) in [5.41, 5.74) is 1.20. The molecule has 1 amide bonds. The van der Waals surface area contributed by atoms with Gasteiger partial charge in [-0.15, -0.1) is 0 Å². The van der Waals surface area contributed by atoms with Crippen molar-refractivity contribution >= 4 is 11.9 Å². The standard InChI is InChI=1S/C19H27NO3/c1-13(2)17(14-6-4-3-5-7-14)12-18(21)20-16-10-8-15(9-11-16)19(22)23/h3-7,13,15-17H,8-12H2,1-2H3,(H,20,21)(H,22,23). The molecule has 0 aromatic heterocycles. The zero-order valence-electron chi connectivity index (χ0n) is 14.0. The van der Waals surface area contributed by atoms with E-state index in [1.54, 1.807) is 0 Å². The zero-order valence-corrected chi connectivity index (χ0v) is 14.0. The van der Waals surface area contributed by atoms with Crippen LogP contribution in [0, 0.1) is 11.8 Å². The van der Waals surface area contributed by atoms with E-state index in [0.29, 0.717) is 25.2 Å². The average molecular weight is 317 g/mol. The largest absolute Gasteiger partial charge is 0.481 e. The summed E-state index contributed by atoms with van der Waals surface area (Å²) in [5, 5.41) is 12.1. The van der Waals surface area contributed by atoms with E-state index < -0.39 is 5.97 Å². The smallest absolute Gasteiger partial charge is 0.306 e. The lowest BCUT2D eigenvalue weighted by Gasteiger charge is -2.28. The van der Waals surface area contributed by atoms with Gasteiger partial charge in [-0.3, -0.25) is 9.59 Å². The molecule has 1 aromatic rings. The molecular weight excluding hydrogens is 290 g/mol. The zero-order chi connectivity index (χ0) is 16.8. The SMILES string of the molecule is CC(C)C(CC(=O)NC1CCC(C(=O)O)CC1)c1ccccc1. The lowest BCUT2D eigenvalue weighted by molar-refractivity contribution is -0.142. The first kappa shape index (κ1) is 17.5. The third-order valence-corrected chi connectivity index (χ3v) is 4.88. The summed E-state index contributed by atoms with van der Waals surface area (Å²) in [7, 11) is 0. The summed E-state index contributed by atoms with van der Waals surface area (Å²) in [4.78, 5) is 23.4. The van der Waals surface area contributed by atoms with Gasteiger partial charge in [0.15, 0.2) is 0 Å². The molecule has 0 bridgehead atoms. The normalized spacial score (nSPS) is 22.6. The molecule has 23 heavy (non-hydrogen) atoms. The summed E-state index contributed by atoms with van der Waals surface area (Å²) in [5.74, 6) is -0.265. The second-order valence-corrected chi connectivity index (χ2v) is 6.92. The van der Waals surface area contributed by atoms with Gasteiger partial charge in [0.25, 0.3) is 0 Å². The minimum atomic E-state index is -0.710. The Morgan fingerprint density at radius 1 is 1.13 bits per heavy atom. The molecule has 1 saturated carbocycles. The van der Waals surface area contributed by atoms with E-state index in [1.807, 2.05) is 18.2 Å². The van der Waals surface area contributed by atoms with Crippen LogP contribution in [0.1, 0.15) is 57.4 Å². The van der Waals surface area contributed by atoms with Crippen LogP contribution in [0.5, 0.6) is 0 Å². The van der Waals surface area contributed by atoms with Gasteiger partial charge >= 0.3 is 5.97 Å². The number of rotatable bonds is 6. The van der Waals surface area contributed by atoms with Crippen LogP contribution in [0.3, 0.4) is 0 Å². The molecule has 0 spiro atoms. The Balaban J connectivity index is 1.87. The van der Waals surface area contributed by atoms with Crippen LogP contribution in [0.15, 0.2) is 30.3 Å². The van der Waals surface area contributed by atoms with E-state index in [-0.39, 0.29) is 23.8 Å². The number of aliphatic carboxylic acids is 1. The number of benzene rings is 1. The highest BCUT2D eigenvalue weighted by Crippen LogP contribution is 2.29. The number of carbonyl (C=O) groups excluding carboxylic acids is 1. The van der Waals surface area contributed by atoms with Crippen molar-refractivity contribution in [2.75, 3.05) is 0 Å². The second kappa shape index (κ2) is 8.14. The number of hydrogen-bond acceptors (Lipinski definition) is 2. The van der Waals surface area contributed by atoms with Gasteiger partial charge in [0.2, 0.25) is 5.91 Å². The Morgan fingerprint density at radius 2 is 1.74 bits per heavy atom. The first-order valence-electron chi connectivity index (χ1n) is 8.54. The molecule has 1 unspecified atom stereocenters. The number of amides is 1. The van der Waals surface area contributed by atoms with E-state index in [0.717, 1.165) is 12.8 Å². The minimum Gasteiger partial charge on any atom is -0.481 e. The predicted molar refractivity (Wildman–Crippen MR) is 90.2 cm³/mol. The number of carbonyl (C=O) groups is 2. The number of nitrogens with one attached hydrogen (secondary N) is 1. The predicted octanol–water partition coefficient (Wildman–Crippen LogP) is 3.58. The fourth-order valence-electron chi connectivity index (χ4n) is 3.41. The van der Waals surface area contributed by atoms with Gasteiger partial charge in [-0.2, -0.15) is 0 Å². The van der Waals surface area contributed by atoms with Gasteiger partial charge < -0.3 is 10.4 Å². The monoisotopic (exact) mass is 317 g/mol. The molecule has 0 saturated heterocycles. The fraction of sp³-hybridized carbons (Fsp3) is 0.579. The fourth-order valence-corrected chi connectivity index (χ4v) is 3.41. The highest BCUT2D eigenvalue weighted by molar-refractivity contribution is 5.77. The highest BCUT2D eigenvalue weighted by Gasteiger charge is 2.27. The molecule has 126 valence electrons. The van der Waals surface area contributed by atoms with Crippen molar-refractivity contribution in [1.29, 1.82) is 0 Å². The summed E-state index contributed by atoms with van der Waals surface area (Å²) in [6.45, 7) is 4.28. The molecular formula is C19H27NO3. The molecule has 1 aromatic carbocycles. The minimum absolute atomic E-state index is 0.0753. The Hall–Kier alpha value is -1.84. The summed E-state index contributed by atoms with van der Waals surface area (Å²) >= 11 is 0. The first-order valence-corrected chi connectivity index (χ1v) is 8.54. The maximum Gasteiger partial charge on any atom is 0.306 e. The molecule has 4 nitrogen and oxygen atoms in total. The van der Waals surface area contributed by atoms with Crippen LogP contribution in [-0.2, 0) is 9.59 Å². The number of carboxylic acids is 1. The van der Waals surface area contributed by atoms with Crippen LogP contribution < -0.4 is 5.32 Å². The number of hydrogen-bond donors (Lipinski definition) is 2. The molecule has 0 heterocycles. The molecule has 0 aliphatic heterocycles. The third-order valence-electron chi connectivity index (χ3n) is 4.88. The van der Waals surface area contributed by atoms with Gasteiger partial charge in [0.05, 0.1) is 5.92 Å². The second-order valence-electron chi connectivity index (χ2n) is 6.92. The Bertz CT molecular complexity index is 519. The van der Waals surface area contributed by atoms with Gasteiger partial charge in [0, 0.05) is 12.5 Å². The van der Waals surface area contributed by atoms with E-state index in [1.165, 1.54) is 5.56 Å². The van der Waals surface area contributed by atoms with Crippen LogP contribution >= 0.6 is 0 Å². The van der Waals surface area contributed by atoms with Gasteiger partial charge in [-0.25, -0.2) is 0 Å². The van der Waals surface area contributed by atoms with Crippen molar-refractivity contribution < 1.29 is 14.7 Å². The molecule has 1 aliphatic carbocycles. The van der Waals surface area contributed by atoms with Crippen LogP contribution in [0.25, 0.3) is 0 Å². The summed E-state index contributed by atoms with van der Waals surface area (Å²) in [6, 6.07) is 10.3. The van der Waals surface area contributed by atoms with Crippen molar-refractivity contribution in [2.45, 2.75) is 57.9 Å². The Kier molecular flexibility index (Phi) is 6.20. The van der Waals surface area contributed by atoms with Crippen molar-refractivity contribution in [1.82, 2.24) is 5.32 Å². The maximum absolute atomic E-state index is 12.4. The van der Waals surface area contributed by atoms with Crippen LogP contribution in [-0.4, -0.2) is 23.0 Å². The van der Waals surface area contributed by atoms with Crippen molar-refractivity contribution in [3.05, 3.63) is 35.9 Å². The van der Waals surface area contributed by atoms with Crippen LogP contribution in [0.2, 0.25) is 0 Å². The van der Waals surface area contributed by atoms with Crippen LogP contribution in [0.4, 0.5) is 0 Å². The summed E-state index contributed by atoms with van der Waals surface area (Å²) < 4.78 is 0. The summed E-state index contributed by atoms with van der Waals surface area (Å²) in [6.07, 6.45) is 3.33. The molecule has 1 fully saturated rings. The van der Waals surface area contributed by atoms with E-state index in [9.17, 15) is 9.59 Å². The Labute approximate surface area is 138 Å². The molecule has 2 N–H and O–H groups in total. The quantitative estimate of drug-likeness (QED) is 0.843.